The summed E-state index contributed by atoms with van der Waals surface area (Å²) in [6, 6.07) is -0.155. The number of alkyl halides is 1. The molecule has 4 aliphatic rings. The van der Waals surface area contributed by atoms with Crippen molar-refractivity contribution in [2.24, 2.45) is 17.8 Å². The lowest BCUT2D eigenvalue weighted by molar-refractivity contribution is -0.176. The summed E-state index contributed by atoms with van der Waals surface area (Å²) in [4.78, 5) is 23.9. The fourth-order valence-electron chi connectivity index (χ4n) is 5.03. The number of halogens is 1. The van der Waals surface area contributed by atoms with Crippen molar-refractivity contribution in [2.75, 3.05) is 0 Å². The summed E-state index contributed by atoms with van der Waals surface area (Å²) >= 11 is 3.34. The number of carbonyl (C=O) groups is 2. The Kier molecular flexibility index (Phi) is 3.72. The van der Waals surface area contributed by atoms with Gasteiger partial charge < -0.3 is 10.2 Å². The second kappa shape index (κ2) is 5.09. The van der Waals surface area contributed by atoms with Gasteiger partial charge in [-0.3, -0.25) is 4.79 Å². The monoisotopic (exact) mass is 374 g/mol. The molecule has 7 heteroatoms. The molecule has 0 aromatic rings. The molecular weight excluding hydrogens is 352 g/mol. The number of carboxylic acid groups (broad SMARTS) is 1. The Labute approximate surface area is 138 Å². The number of hydrazine groups is 1. The SMILES string of the molecule is CC(C)(Br)C(=O)N(NC(=O)O)C1C2CC3CC1CC(O)(C3)C2. The molecule has 4 rings (SSSR count). The second-order valence-electron chi connectivity index (χ2n) is 7.75. The van der Waals surface area contributed by atoms with Crippen molar-refractivity contribution in [3.63, 3.8) is 0 Å². The molecule has 0 saturated heterocycles. The van der Waals surface area contributed by atoms with Crippen LogP contribution in [0.1, 0.15) is 46.0 Å². The summed E-state index contributed by atoms with van der Waals surface area (Å²) in [7, 11) is 0. The lowest BCUT2D eigenvalue weighted by Gasteiger charge is -2.59. The van der Waals surface area contributed by atoms with Crippen LogP contribution in [0.4, 0.5) is 4.79 Å². The van der Waals surface area contributed by atoms with Crippen LogP contribution in [-0.4, -0.2) is 43.2 Å². The first-order valence-electron chi connectivity index (χ1n) is 7.83. The summed E-state index contributed by atoms with van der Waals surface area (Å²) in [6.45, 7) is 3.44. The first kappa shape index (κ1) is 16.1. The highest BCUT2D eigenvalue weighted by molar-refractivity contribution is 9.10. The molecule has 0 radical (unpaired) electrons. The fourth-order valence-corrected chi connectivity index (χ4v) is 5.22. The van der Waals surface area contributed by atoms with Gasteiger partial charge in [0.1, 0.15) is 4.32 Å². The van der Waals surface area contributed by atoms with Crippen LogP contribution in [0.15, 0.2) is 0 Å². The summed E-state index contributed by atoms with van der Waals surface area (Å²) in [5, 5.41) is 21.1. The normalized spacial score (nSPS) is 39.6. The van der Waals surface area contributed by atoms with E-state index in [-0.39, 0.29) is 23.8 Å². The smallest absolute Gasteiger partial charge is 0.423 e. The minimum Gasteiger partial charge on any atom is -0.464 e. The Hall–Kier alpha value is -0.820. The van der Waals surface area contributed by atoms with Crippen LogP contribution < -0.4 is 5.43 Å². The van der Waals surface area contributed by atoms with E-state index < -0.39 is 16.0 Å². The number of nitrogens with zero attached hydrogens (tertiary/aromatic N) is 1. The third-order valence-electron chi connectivity index (χ3n) is 5.43. The number of amides is 2. The van der Waals surface area contributed by atoms with Crippen LogP contribution in [0.25, 0.3) is 0 Å². The average Bonchev–Trinajstić information content (AvgIpc) is 2.32. The third-order valence-corrected chi connectivity index (χ3v) is 5.77. The zero-order chi connectivity index (χ0) is 16.3. The van der Waals surface area contributed by atoms with E-state index in [0.29, 0.717) is 18.8 Å². The van der Waals surface area contributed by atoms with Crippen LogP contribution in [0.3, 0.4) is 0 Å². The molecule has 0 aliphatic heterocycles. The van der Waals surface area contributed by atoms with E-state index in [2.05, 4.69) is 21.4 Å². The second-order valence-corrected chi connectivity index (χ2v) is 9.73. The van der Waals surface area contributed by atoms with Crippen molar-refractivity contribution < 1.29 is 19.8 Å². The molecule has 4 saturated carbocycles. The summed E-state index contributed by atoms with van der Waals surface area (Å²) in [6.07, 6.45) is 2.90. The van der Waals surface area contributed by atoms with Crippen LogP contribution in [0.5, 0.6) is 0 Å². The minimum absolute atomic E-state index is 0.155. The molecule has 124 valence electrons. The first-order chi connectivity index (χ1) is 10.1. The van der Waals surface area contributed by atoms with Gasteiger partial charge in [-0.15, -0.1) is 0 Å². The molecule has 4 aliphatic carbocycles. The van der Waals surface area contributed by atoms with Crippen molar-refractivity contribution in [1.82, 2.24) is 10.4 Å². The van der Waals surface area contributed by atoms with Gasteiger partial charge in [0.25, 0.3) is 5.91 Å². The number of hydrogen-bond donors (Lipinski definition) is 3. The van der Waals surface area contributed by atoms with Gasteiger partial charge in [-0.1, -0.05) is 15.9 Å². The Balaban J connectivity index is 1.89. The minimum atomic E-state index is -1.22. The van der Waals surface area contributed by atoms with E-state index in [4.69, 9.17) is 5.11 Å². The van der Waals surface area contributed by atoms with Gasteiger partial charge in [0.05, 0.1) is 11.6 Å². The van der Waals surface area contributed by atoms with E-state index in [1.54, 1.807) is 13.8 Å². The van der Waals surface area contributed by atoms with E-state index in [9.17, 15) is 14.7 Å². The topological polar surface area (TPSA) is 89.9 Å². The predicted molar refractivity (Wildman–Crippen MR) is 83.3 cm³/mol. The van der Waals surface area contributed by atoms with Crippen LogP contribution in [0.2, 0.25) is 0 Å². The molecule has 2 amide bonds. The van der Waals surface area contributed by atoms with Crippen molar-refractivity contribution in [3.05, 3.63) is 0 Å². The molecule has 6 nitrogen and oxygen atoms in total. The molecular formula is C15H23BrN2O4. The van der Waals surface area contributed by atoms with Gasteiger partial charge >= 0.3 is 6.09 Å². The predicted octanol–water partition coefficient (Wildman–Crippen LogP) is 2.11. The molecule has 4 bridgehead atoms. The molecule has 0 aromatic carbocycles. The highest BCUT2D eigenvalue weighted by Crippen LogP contribution is 2.57. The Morgan fingerprint density at radius 1 is 1.23 bits per heavy atom. The Bertz CT molecular complexity index is 488. The summed E-state index contributed by atoms with van der Waals surface area (Å²) in [5.41, 5.74) is 1.71. The Morgan fingerprint density at radius 2 is 1.77 bits per heavy atom. The Morgan fingerprint density at radius 3 is 2.18 bits per heavy atom. The zero-order valence-electron chi connectivity index (χ0n) is 12.9. The molecule has 4 fully saturated rings. The standard InChI is InChI=1S/C15H23BrN2O4/c1-14(2,16)12(19)18(17-13(20)21)11-9-3-8-4-10(11)7-15(22,5-8)6-9/h8-11,17,22H,3-7H2,1-2H3,(H,20,21). The van der Waals surface area contributed by atoms with Crippen LogP contribution in [0, 0.1) is 17.8 Å². The van der Waals surface area contributed by atoms with Crippen molar-refractivity contribution >= 4 is 27.9 Å². The quantitative estimate of drug-likeness (QED) is 0.509. The van der Waals surface area contributed by atoms with Crippen LogP contribution >= 0.6 is 15.9 Å². The van der Waals surface area contributed by atoms with Crippen molar-refractivity contribution in [1.29, 1.82) is 0 Å². The number of hydrogen-bond acceptors (Lipinski definition) is 3. The molecule has 0 aromatic heterocycles. The third kappa shape index (κ3) is 2.73. The molecule has 0 spiro atoms. The van der Waals surface area contributed by atoms with Gasteiger partial charge in [0.2, 0.25) is 0 Å². The molecule has 3 N–H and O–H groups in total. The molecule has 22 heavy (non-hydrogen) atoms. The highest BCUT2D eigenvalue weighted by Gasteiger charge is 2.57. The number of aliphatic hydroxyl groups is 1. The lowest BCUT2D eigenvalue weighted by atomic mass is 9.52. The number of rotatable bonds is 2. The summed E-state index contributed by atoms with van der Waals surface area (Å²) < 4.78 is -0.832. The zero-order valence-corrected chi connectivity index (χ0v) is 14.5. The highest BCUT2D eigenvalue weighted by atomic mass is 79.9. The van der Waals surface area contributed by atoms with Crippen LogP contribution in [-0.2, 0) is 4.79 Å². The van der Waals surface area contributed by atoms with E-state index >= 15 is 0 Å². The number of carbonyl (C=O) groups excluding carboxylic acids is 1. The van der Waals surface area contributed by atoms with Crippen molar-refractivity contribution in [3.8, 4) is 0 Å². The number of nitrogens with one attached hydrogen (secondary N) is 1. The maximum absolute atomic E-state index is 12.7. The fraction of sp³-hybridized carbons (Fsp3) is 0.867. The van der Waals surface area contributed by atoms with E-state index in [1.807, 2.05) is 0 Å². The lowest BCUT2D eigenvalue weighted by Crippen LogP contribution is -2.67. The molecule has 2 unspecified atom stereocenters. The van der Waals surface area contributed by atoms with Gasteiger partial charge in [0.15, 0.2) is 0 Å². The maximum atomic E-state index is 12.7. The molecule has 0 heterocycles. The van der Waals surface area contributed by atoms with Gasteiger partial charge in [0, 0.05) is 0 Å². The summed E-state index contributed by atoms with van der Waals surface area (Å²) in [5.74, 6) is 0.570. The van der Waals surface area contributed by atoms with Crippen molar-refractivity contribution in [2.45, 2.75) is 61.9 Å². The van der Waals surface area contributed by atoms with Gasteiger partial charge in [-0.05, 0) is 63.7 Å². The van der Waals surface area contributed by atoms with E-state index in [0.717, 1.165) is 19.3 Å². The van der Waals surface area contributed by atoms with E-state index in [1.165, 1.54) is 5.01 Å². The first-order valence-corrected chi connectivity index (χ1v) is 8.63. The van der Waals surface area contributed by atoms with Gasteiger partial charge in [-0.2, -0.15) is 0 Å². The average molecular weight is 375 g/mol. The van der Waals surface area contributed by atoms with Gasteiger partial charge in [-0.25, -0.2) is 15.2 Å². The maximum Gasteiger partial charge on any atom is 0.423 e. The largest absolute Gasteiger partial charge is 0.464 e. The molecule has 2 atom stereocenters.